The Hall–Kier alpha value is -3.98. The fourth-order valence-electron chi connectivity index (χ4n) is 4.10. The number of nitrogens with zero attached hydrogens (tertiary/aromatic N) is 2. The summed E-state index contributed by atoms with van der Waals surface area (Å²) in [6.07, 6.45) is 0.853. The summed E-state index contributed by atoms with van der Waals surface area (Å²) >= 11 is 0. The van der Waals surface area contributed by atoms with Gasteiger partial charge >= 0.3 is 12.1 Å². The van der Waals surface area contributed by atoms with E-state index < -0.39 is 17.7 Å². The molecule has 0 atom stereocenters. The summed E-state index contributed by atoms with van der Waals surface area (Å²) in [6.45, 7) is 7.43. The first-order valence-corrected chi connectivity index (χ1v) is 11.9. The highest BCUT2D eigenvalue weighted by molar-refractivity contribution is 6.17. The smallest absolute Gasteiger partial charge is 0.419 e. The quantitative estimate of drug-likeness (QED) is 0.282. The Labute approximate surface area is 213 Å². The third kappa shape index (κ3) is 5.41. The van der Waals surface area contributed by atoms with Crippen molar-refractivity contribution in [3.05, 3.63) is 71.3 Å². The van der Waals surface area contributed by atoms with Crippen molar-refractivity contribution < 1.29 is 32.9 Å². The molecular weight excluding hydrogens is 479 g/mol. The van der Waals surface area contributed by atoms with Gasteiger partial charge in [-0.1, -0.05) is 18.2 Å². The summed E-state index contributed by atoms with van der Waals surface area (Å²) < 4.78 is 37.3. The van der Waals surface area contributed by atoms with Gasteiger partial charge in [-0.25, -0.2) is 23.5 Å². The summed E-state index contributed by atoms with van der Waals surface area (Å²) in [4.78, 5) is 30.5. The number of fused-ring (bicyclic) bond motifs is 3. The van der Waals surface area contributed by atoms with Gasteiger partial charge in [-0.3, -0.25) is 0 Å². The fraction of sp³-hybridized carbons (Fsp3) is 0.321. The van der Waals surface area contributed by atoms with Crippen LogP contribution < -0.4 is 4.74 Å². The number of hydrogen-bond donors (Lipinski definition) is 0. The van der Waals surface area contributed by atoms with Crippen LogP contribution in [0.2, 0.25) is 0 Å². The topological polar surface area (TPSA) is 88.9 Å². The Morgan fingerprint density at radius 2 is 1.73 bits per heavy atom. The van der Waals surface area contributed by atoms with Gasteiger partial charge in [-0.15, -0.1) is 0 Å². The summed E-state index contributed by atoms with van der Waals surface area (Å²) in [5.41, 5.74) is 1.52. The minimum Gasteiger partial charge on any atom is -0.488 e. The van der Waals surface area contributed by atoms with E-state index in [0.29, 0.717) is 33.1 Å². The van der Waals surface area contributed by atoms with Crippen LogP contribution in [-0.4, -0.2) is 40.9 Å². The number of esters is 1. The van der Waals surface area contributed by atoms with Gasteiger partial charge in [0.1, 0.15) is 23.8 Å². The molecule has 0 aliphatic carbocycles. The van der Waals surface area contributed by atoms with Gasteiger partial charge in [0.15, 0.2) is 5.69 Å². The molecule has 0 saturated heterocycles. The molecule has 0 spiro atoms. The van der Waals surface area contributed by atoms with E-state index >= 15 is 0 Å². The predicted molar refractivity (Wildman–Crippen MR) is 136 cm³/mol. The Morgan fingerprint density at radius 3 is 2.38 bits per heavy atom. The minimum atomic E-state index is -0.746. The summed E-state index contributed by atoms with van der Waals surface area (Å²) in [7, 11) is 1.51. The molecule has 2 aromatic carbocycles. The number of pyridine rings is 1. The third-order valence-electron chi connectivity index (χ3n) is 5.54. The second-order valence-corrected chi connectivity index (χ2v) is 9.38. The van der Waals surface area contributed by atoms with Gasteiger partial charge in [0.2, 0.25) is 0 Å². The lowest BCUT2D eigenvalue weighted by Gasteiger charge is -2.20. The summed E-state index contributed by atoms with van der Waals surface area (Å²) in [5, 5.41) is 1.15. The molecule has 2 heterocycles. The van der Waals surface area contributed by atoms with E-state index in [1.807, 2.05) is 0 Å². The van der Waals surface area contributed by atoms with Crippen molar-refractivity contribution in [2.75, 3.05) is 13.7 Å². The standard InChI is InChI=1S/C28H29FN2O6/c1-6-35-26(32)25-19(16-34-5)23-21(14-30-25)31(27(33)37-28(2,3)4)20-8-7-9-22(24(20)23)36-15-17-10-12-18(29)13-11-17/h7-14H,6,15-16H2,1-5H3. The molecule has 2 aromatic heterocycles. The molecule has 0 saturated carbocycles. The number of benzene rings is 2. The molecule has 0 aliphatic heterocycles. The molecular formula is C28H29FN2O6. The van der Waals surface area contributed by atoms with Crippen LogP contribution in [0.25, 0.3) is 21.8 Å². The maximum Gasteiger partial charge on any atom is 0.419 e. The molecule has 9 heteroatoms. The van der Waals surface area contributed by atoms with Gasteiger partial charge in [0, 0.05) is 18.1 Å². The molecule has 0 fully saturated rings. The minimum absolute atomic E-state index is 0.0399. The average Bonchev–Trinajstić information content (AvgIpc) is 3.18. The maximum absolute atomic E-state index is 13.4. The van der Waals surface area contributed by atoms with Crippen molar-refractivity contribution in [1.29, 1.82) is 0 Å². The zero-order valence-corrected chi connectivity index (χ0v) is 21.5. The third-order valence-corrected chi connectivity index (χ3v) is 5.54. The summed E-state index contributed by atoms with van der Waals surface area (Å²) in [5.74, 6) is -0.471. The van der Waals surface area contributed by atoms with Gasteiger partial charge in [-0.2, -0.15) is 0 Å². The Bertz CT molecular complexity index is 1450. The van der Waals surface area contributed by atoms with Crippen molar-refractivity contribution >= 4 is 33.9 Å². The van der Waals surface area contributed by atoms with Gasteiger partial charge in [-0.05, 0) is 57.5 Å². The first-order valence-electron chi connectivity index (χ1n) is 11.9. The molecule has 4 rings (SSSR count). The van der Waals surface area contributed by atoms with Crippen LogP contribution in [0.3, 0.4) is 0 Å². The molecule has 4 aromatic rings. The number of methoxy groups -OCH3 is 1. The van der Waals surface area contributed by atoms with Crippen molar-refractivity contribution in [2.24, 2.45) is 0 Å². The van der Waals surface area contributed by atoms with Crippen molar-refractivity contribution in [3.8, 4) is 5.75 Å². The van der Waals surface area contributed by atoms with Crippen LogP contribution in [0.1, 0.15) is 49.3 Å². The molecule has 194 valence electrons. The van der Waals surface area contributed by atoms with E-state index in [0.717, 1.165) is 5.56 Å². The summed E-state index contributed by atoms with van der Waals surface area (Å²) in [6, 6.07) is 11.3. The highest BCUT2D eigenvalue weighted by atomic mass is 19.1. The molecule has 0 aliphatic rings. The van der Waals surface area contributed by atoms with E-state index in [-0.39, 0.29) is 31.3 Å². The van der Waals surface area contributed by atoms with Crippen LogP contribution in [-0.2, 0) is 27.4 Å². The van der Waals surface area contributed by atoms with Crippen LogP contribution in [0.15, 0.2) is 48.7 Å². The van der Waals surface area contributed by atoms with E-state index in [1.54, 1.807) is 58.0 Å². The Kier molecular flexibility index (Phi) is 7.45. The number of rotatable bonds is 7. The molecule has 0 amide bonds. The van der Waals surface area contributed by atoms with E-state index in [2.05, 4.69) is 4.98 Å². The number of ether oxygens (including phenoxy) is 4. The van der Waals surface area contributed by atoms with Crippen LogP contribution in [0, 0.1) is 5.82 Å². The molecule has 0 bridgehead atoms. The number of aromatic nitrogens is 2. The van der Waals surface area contributed by atoms with E-state index in [1.165, 1.54) is 30.0 Å². The van der Waals surface area contributed by atoms with E-state index in [9.17, 15) is 14.0 Å². The van der Waals surface area contributed by atoms with E-state index in [4.69, 9.17) is 18.9 Å². The number of halogens is 1. The molecule has 0 unspecified atom stereocenters. The number of hydrogen-bond acceptors (Lipinski definition) is 7. The normalized spacial score (nSPS) is 11.6. The van der Waals surface area contributed by atoms with Crippen LogP contribution in [0.5, 0.6) is 5.75 Å². The van der Waals surface area contributed by atoms with Crippen LogP contribution >= 0.6 is 0 Å². The van der Waals surface area contributed by atoms with Gasteiger partial charge < -0.3 is 18.9 Å². The zero-order chi connectivity index (χ0) is 26.7. The first kappa shape index (κ1) is 26.1. The van der Waals surface area contributed by atoms with Gasteiger partial charge in [0.05, 0.1) is 35.8 Å². The highest BCUT2D eigenvalue weighted by Gasteiger charge is 2.28. The zero-order valence-electron chi connectivity index (χ0n) is 21.5. The lowest BCUT2D eigenvalue weighted by Crippen LogP contribution is -2.27. The number of carbonyl (C=O) groups is 2. The predicted octanol–water partition coefficient (Wildman–Crippen LogP) is 6.01. The highest BCUT2D eigenvalue weighted by Crippen LogP contribution is 2.39. The molecule has 0 N–H and O–H groups in total. The maximum atomic E-state index is 13.4. The first-order chi connectivity index (χ1) is 17.6. The lowest BCUT2D eigenvalue weighted by molar-refractivity contribution is 0.0513. The largest absolute Gasteiger partial charge is 0.488 e. The average molecular weight is 509 g/mol. The van der Waals surface area contributed by atoms with Crippen molar-refractivity contribution in [2.45, 2.75) is 46.5 Å². The molecule has 37 heavy (non-hydrogen) atoms. The lowest BCUT2D eigenvalue weighted by atomic mass is 10.0. The monoisotopic (exact) mass is 508 g/mol. The Balaban J connectivity index is 1.98. The van der Waals surface area contributed by atoms with Crippen molar-refractivity contribution in [1.82, 2.24) is 9.55 Å². The number of carbonyl (C=O) groups excluding carboxylic acids is 2. The van der Waals surface area contributed by atoms with Gasteiger partial charge in [0.25, 0.3) is 0 Å². The van der Waals surface area contributed by atoms with Crippen LogP contribution in [0.4, 0.5) is 9.18 Å². The van der Waals surface area contributed by atoms with Crippen molar-refractivity contribution in [3.63, 3.8) is 0 Å². The second kappa shape index (κ2) is 10.6. The second-order valence-electron chi connectivity index (χ2n) is 9.38. The fourth-order valence-corrected chi connectivity index (χ4v) is 4.10. The molecule has 0 radical (unpaired) electrons. The SMILES string of the molecule is CCOC(=O)c1ncc2c(c1COC)c1c(OCc3ccc(F)cc3)cccc1n2C(=O)OC(C)(C)C. The molecule has 8 nitrogen and oxygen atoms in total. The Morgan fingerprint density at radius 1 is 1.00 bits per heavy atom.